The summed E-state index contributed by atoms with van der Waals surface area (Å²) in [6.07, 6.45) is 1.45. The number of nitrogens with one attached hydrogen (secondary N) is 2. The van der Waals surface area contributed by atoms with Gasteiger partial charge in [0, 0.05) is 29.9 Å². The highest BCUT2D eigenvalue weighted by atomic mass is 32.2. The van der Waals surface area contributed by atoms with Gasteiger partial charge in [0.05, 0.1) is 10.7 Å². The Kier molecular flexibility index (Phi) is 4.34. The van der Waals surface area contributed by atoms with Crippen LogP contribution in [0.2, 0.25) is 0 Å². The molecule has 2 N–H and O–H groups in total. The average Bonchev–Trinajstić information content (AvgIpc) is 2.46. The minimum atomic E-state index is -3.30. The minimum absolute atomic E-state index is 0.0843. The highest BCUT2D eigenvalue weighted by Crippen LogP contribution is 2.28. The molecule has 0 radical (unpaired) electrons. The van der Waals surface area contributed by atoms with Gasteiger partial charge in [0.25, 0.3) is 5.69 Å². The van der Waals surface area contributed by atoms with Gasteiger partial charge in [0.15, 0.2) is 0 Å². The highest BCUT2D eigenvalue weighted by Gasteiger charge is 2.14. The lowest BCUT2D eigenvalue weighted by atomic mass is 10.1. The van der Waals surface area contributed by atoms with E-state index in [9.17, 15) is 18.5 Å². The Morgan fingerprint density at radius 1 is 1.33 bits per heavy atom. The van der Waals surface area contributed by atoms with E-state index in [0.717, 1.165) is 0 Å². The maximum absolute atomic E-state index is 11.3. The first-order valence-electron chi connectivity index (χ1n) is 6.12. The van der Waals surface area contributed by atoms with Crippen LogP contribution >= 0.6 is 0 Å². The molecule has 0 unspecified atom stereocenters. The summed E-state index contributed by atoms with van der Waals surface area (Å²) in [4.78, 5) is 14.5. The number of non-ortho nitro benzene ring substituents is 1. The number of aromatic nitrogens is 1. The second kappa shape index (κ2) is 6.02. The van der Waals surface area contributed by atoms with Crippen LogP contribution < -0.4 is 10.0 Å². The van der Waals surface area contributed by atoms with E-state index in [4.69, 9.17) is 0 Å². The van der Waals surface area contributed by atoms with Crippen LogP contribution in [0, 0.1) is 10.1 Å². The number of fused-ring (bicyclic) bond motifs is 1. The van der Waals surface area contributed by atoms with Gasteiger partial charge in [-0.2, -0.15) is 0 Å². The molecule has 0 saturated heterocycles. The molecule has 1 heterocycles. The number of sulfonamides is 1. The molecule has 1 aromatic heterocycles. The number of anilines is 1. The molecule has 0 aliphatic rings. The third kappa shape index (κ3) is 3.44. The van der Waals surface area contributed by atoms with E-state index < -0.39 is 14.9 Å². The molecule has 0 amide bonds. The normalized spacial score (nSPS) is 11.5. The maximum atomic E-state index is 11.3. The molecule has 1 aromatic carbocycles. The number of nitro benzene ring substituents is 1. The van der Waals surface area contributed by atoms with Gasteiger partial charge < -0.3 is 5.32 Å². The predicted octanol–water partition coefficient (Wildman–Crippen LogP) is 1.10. The van der Waals surface area contributed by atoms with Gasteiger partial charge in [-0.25, -0.2) is 18.1 Å². The average molecular weight is 310 g/mol. The fraction of sp³-hybridized carbons (Fsp3) is 0.250. The van der Waals surface area contributed by atoms with Crippen LogP contribution in [0.1, 0.15) is 0 Å². The Hall–Kier alpha value is -2.26. The first kappa shape index (κ1) is 15.1. The molecule has 0 atom stereocenters. The van der Waals surface area contributed by atoms with E-state index in [-0.39, 0.29) is 23.5 Å². The van der Waals surface area contributed by atoms with Gasteiger partial charge in [0.1, 0.15) is 5.52 Å². The Balaban J connectivity index is 2.29. The van der Waals surface area contributed by atoms with Crippen LogP contribution in [0.25, 0.3) is 10.9 Å². The number of hydrogen-bond acceptors (Lipinski definition) is 6. The fourth-order valence-corrected chi connectivity index (χ4v) is 2.46. The van der Waals surface area contributed by atoms with Gasteiger partial charge >= 0.3 is 0 Å². The van der Waals surface area contributed by atoms with Crippen molar-refractivity contribution in [3.05, 3.63) is 40.6 Å². The molecule has 2 rings (SSSR count). The van der Waals surface area contributed by atoms with E-state index in [2.05, 4.69) is 15.0 Å². The largest absolute Gasteiger partial charge is 0.383 e. The van der Waals surface area contributed by atoms with E-state index in [0.29, 0.717) is 11.1 Å². The summed E-state index contributed by atoms with van der Waals surface area (Å²) in [5.41, 5.74) is 0.790. The number of rotatable bonds is 6. The van der Waals surface area contributed by atoms with Crippen molar-refractivity contribution in [2.45, 2.75) is 0 Å². The zero-order chi connectivity index (χ0) is 15.5. The van der Waals surface area contributed by atoms with Crippen molar-refractivity contribution in [3.63, 3.8) is 0 Å². The number of nitrogens with zero attached hydrogens (tertiary/aromatic N) is 2. The minimum Gasteiger partial charge on any atom is -0.383 e. The third-order valence-electron chi connectivity index (χ3n) is 2.94. The standard InChI is InChI=1S/C12H14N4O4S/c1-13-21(19,20)8-7-14-10-5-6-15-12-9(10)3-2-4-11(12)16(17)18/h2-6,13H,7-8H2,1H3,(H,14,15). The quantitative estimate of drug-likeness (QED) is 0.610. The van der Waals surface area contributed by atoms with Crippen molar-refractivity contribution in [3.8, 4) is 0 Å². The van der Waals surface area contributed by atoms with Crippen molar-refractivity contribution in [1.82, 2.24) is 9.71 Å². The van der Waals surface area contributed by atoms with Crippen molar-refractivity contribution < 1.29 is 13.3 Å². The summed E-state index contributed by atoms with van der Waals surface area (Å²) < 4.78 is 24.9. The lowest BCUT2D eigenvalue weighted by molar-refractivity contribution is -0.383. The summed E-state index contributed by atoms with van der Waals surface area (Å²) in [7, 11) is -1.95. The van der Waals surface area contributed by atoms with Crippen molar-refractivity contribution in [1.29, 1.82) is 0 Å². The molecule has 0 saturated carbocycles. The molecule has 0 bridgehead atoms. The van der Waals surface area contributed by atoms with Crippen LogP contribution in [0.4, 0.5) is 11.4 Å². The van der Waals surface area contributed by atoms with E-state index >= 15 is 0 Å². The lowest BCUT2D eigenvalue weighted by Gasteiger charge is -2.09. The first-order chi connectivity index (χ1) is 9.94. The highest BCUT2D eigenvalue weighted by molar-refractivity contribution is 7.89. The summed E-state index contributed by atoms with van der Waals surface area (Å²) in [5, 5.41) is 14.5. The fourth-order valence-electron chi connectivity index (χ4n) is 1.88. The molecule has 0 fully saturated rings. The number of hydrogen-bond donors (Lipinski definition) is 2. The van der Waals surface area contributed by atoms with Crippen LogP contribution in [0.3, 0.4) is 0 Å². The monoisotopic (exact) mass is 310 g/mol. The van der Waals surface area contributed by atoms with Gasteiger partial charge in [-0.3, -0.25) is 10.1 Å². The molecule has 8 nitrogen and oxygen atoms in total. The van der Waals surface area contributed by atoms with E-state index in [1.54, 1.807) is 18.2 Å². The molecular weight excluding hydrogens is 296 g/mol. The number of para-hydroxylation sites is 1. The van der Waals surface area contributed by atoms with E-state index in [1.807, 2.05) is 0 Å². The maximum Gasteiger partial charge on any atom is 0.295 e. The van der Waals surface area contributed by atoms with Crippen LogP contribution in [0.15, 0.2) is 30.5 Å². The molecule has 0 spiro atoms. The second-order valence-electron chi connectivity index (χ2n) is 4.24. The first-order valence-corrected chi connectivity index (χ1v) is 7.77. The Bertz CT molecular complexity index is 776. The zero-order valence-electron chi connectivity index (χ0n) is 11.2. The van der Waals surface area contributed by atoms with E-state index in [1.165, 1.54) is 19.3 Å². The molecule has 2 aromatic rings. The van der Waals surface area contributed by atoms with Crippen LogP contribution in [-0.4, -0.2) is 37.7 Å². The Morgan fingerprint density at radius 3 is 2.76 bits per heavy atom. The summed E-state index contributed by atoms with van der Waals surface area (Å²) >= 11 is 0. The summed E-state index contributed by atoms with van der Waals surface area (Å²) in [6.45, 7) is 0.185. The number of benzene rings is 1. The molecule has 0 aliphatic carbocycles. The van der Waals surface area contributed by atoms with Gasteiger partial charge in [-0.15, -0.1) is 0 Å². The second-order valence-corrected chi connectivity index (χ2v) is 6.28. The van der Waals surface area contributed by atoms with Crippen LogP contribution in [-0.2, 0) is 10.0 Å². The number of nitro groups is 1. The molecule has 9 heteroatoms. The van der Waals surface area contributed by atoms with Gasteiger partial charge in [0.2, 0.25) is 10.0 Å². The van der Waals surface area contributed by atoms with Crippen molar-refractivity contribution >= 4 is 32.3 Å². The van der Waals surface area contributed by atoms with Crippen molar-refractivity contribution in [2.75, 3.05) is 24.7 Å². The molecule has 112 valence electrons. The lowest BCUT2D eigenvalue weighted by Crippen LogP contribution is -2.26. The smallest absolute Gasteiger partial charge is 0.295 e. The zero-order valence-corrected chi connectivity index (χ0v) is 12.1. The number of pyridine rings is 1. The Morgan fingerprint density at radius 2 is 2.10 bits per heavy atom. The summed E-state index contributed by atoms with van der Waals surface area (Å²) in [5.74, 6) is -0.0950. The SMILES string of the molecule is CNS(=O)(=O)CCNc1ccnc2c([N+](=O)[O-])cccc12. The molecular formula is C12H14N4O4S. The molecule has 0 aliphatic heterocycles. The Labute approximate surface area is 121 Å². The van der Waals surface area contributed by atoms with Crippen molar-refractivity contribution in [2.24, 2.45) is 0 Å². The predicted molar refractivity (Wildman–Crippen MR) is 79.7 cm³/mol. The third-order valence-corrected chi connectivity index (χ3v) is 4.31. The summed E-state index contributed by atoms with van der Waals surface area (Å²) in [6, 6.07) is 6.30. The van der Waals surface area contributed by atoms with Gasteiger partial charge in [-0.05, 0) is 13.1 Å². The topological polar surface area (TPSA) is 114 Å². The van der Waals surface area contributed by atoms with Crippen LogP contribution in [0.5, 0.6) is 0 Å². The molecule has 21 heavy (non-hydrogen) atoms. The van der Waals surface area contributed by atoms with Gasteiger partial charge in [-0.1, -0.05) is 12.1 Å².